The molecular formula is C8H9N3O3. The van der Waals surface area contributed by atoms with Crippen LogP contribution in [0.25, 0.3) is 0 Å². The second kappa shape index (κ2) is 3.13. The summed E-state index contributed by atoms with van der Waals surface area (Å²) in [4.78, 5) is 22.1. The predicted octanol–water partition coefficient (Wildman–Crippen LogP) is 0.230. The smallest absolute Gasteiger partial charge is 0.407 e. The second-order valence-corrected chi connectivity index (χ2v) is 3.21. The lowest BCUT2D eigenvalue weighted by Gasteiger charge is -2.36. The molecule has 1 aromatic rings. The number of carbonyl (C=O) groups excluding carboxylic acids is 1. The molecule has 6 nitrogen and oxygen atoms in total. The van der Waals surface area contributed by atoms with Crippen molar-refractivity contribution in [2.45, 2.75) is 6.04 Å². The summed E-state index contributed by atoms with van der Waals surface area (Å²) in [6, 6.07) is 0.0693. The zero-order chi connectivity index (χ0) is 10.1. The molecule has 6 heteroatoms. The van der Waals surface area contributed by atoms with E-state index >= 15 is 0 Å². The molecule has 1 aliphatic rings. The van der Waals surface area contributed by atoms with Crippen molar-refractivity contribution in [1.82, 2.24) is 14.7 Å². The van der Waals surface area contributed by atoms with Crippen molar-refractivity contribution < 1.29 is 14.7 Å². The van der Waals surface area contributed by atoms with E-state index in [-0.39, 0.29) is 6.04 Å². The Morgan fingerprint density at radius 2 is 2.36 bits per heavy atom. The van der Waals surface area contributed by atoms with E-state index in [1.807, 2.05) is 0 Å². The summed E-state index contributed by atoms with van der Waals surface area (Å²) >= 11 is 0. The second-order valence-electron chi connectivity index (χ2n) is 3.21. The molecule has 0 saturated carbocycles. The first kappa shape index (κ1) is 8.74. The summed E-state index contributed by atoms with van der Waals surface area (Å²) in [6.07, 6.45) is 2.90. The third-order valence-corrected chi connectivity index (χ3v) is 2.26. The standard InChI is InChI=1S/C8H9N3O3/c12-5-6-1-9-11(2-6)7-3-10(4-7)8(13)14/h1-2,5,7H,3-4H2,(H,13,14). The molecule has 1 aromatic heterocycles. The topological polar surface area (TPSA) is 75.4 Å². The zero-order valence-corrected chi connectivity index (χ0v) is 7.33. The minimum absolute atomic E-state index is 0.0693. The van der Waals surface area contributed by atoms with E-state index in [1.54, 1.807) is 10.9 Å². The Kier molecular flexibility index (Phi) is 1.95. The molecule has 74 valence electrons. The summed E-state index contributed by atoms with van der Waals surface area (Å²) in [5, 5.41) is 12.6. The fourth-order valence-electron chi connectivity index (χ4n) is 1.39. The van der Waals surface area contributed by atoms with Gasteiger partial charge in [-0.25, -0.2) is 4.79 Å². The summed E-state index contributed by atoms with van der Waals surface area (Å²) in [5.74, 6) is 0. The van der Waals surface area contributed by atoms with Crippen molar-refractivity contribution in [1.29, 1.82) is 0 Å². The average molecular weight is 195 g/mol. The summed E-state index contributed by atoms with van der Waals surface area (Å²) in [7, 11) is 0. The van der Waals surface area contributed by atoms with E-state index in [2.05, 4.69) is 5.10 Å². The van der Waals surface area contributed by atoms with E-state index in [4.69, 9.17) is 5.11 Å². The largest absolute Gasteiger partial charge is 0.465 e. The predicted molar refractivity (Wildman–Crippen MR) is 46.2 cm³/mol. The molecular weight excluding hydrogens is 186 g/mol. The molecule has 0 bridgehead atoms. The molecule has 14 heavy (non-hydrogen) atoms. The van der Waals surface area contributed by atoms with Crippen LogP contribution in [0.4, 0.5) is 4.79 Å². The maximum absolute atomic E-state index is 10.5. The van der Waals surface area contributed by atoms with Crippen LogP contribution in [-0.4, -0.2) is 45.3 Å². The van der Waals surface area contributed by atoms with Crippen molar-refractivity contribution in [3.8, 4) is 0 Å². The number of rotatable bonds is 2. The molecule has 1 N–H and O–H groups in total. The molecule has 0 aromatic carbocycles. The first-order valence-electron chi connectivity index (χ1n) is 4.18. The molecule has 0 spiro atoms. The van der Waals surface area contributed by atoms with Gasteiger partial charge in [0.25, 0.3) is 0 Å². The number of carboxylic acid groups (broad SMARTS) is 1. The fraction of sp³-hybridized carbons (Fsp3) is 0.375. The monoisotopic (exact) mass is 195 g/mol. The lowest BCUT2D eigenvalue weighted by molar-refractivity contribution is 0.0811. The van der Waals surface area contributed by atoms with Crippen LogP contribution in [0.1, 0.15) is 16.4 Å². The Labute approximate surface area is 79.7 Å². The van der Waals surface area contributed by atoms with Crippen molar-refractivity contribution >= 4 is 12.4 Å². The highest BCUT2D eigenvalue weighted by Crippen LogP contribution is 2.20. The van der Waals surface area contributed by atoms with E-state index in [9.17, 15) is 9.59 Å². The first-order chi connectivity index (χ1) is 6.70. The lowest BCUT2D eigenvalue weighted by Crippen LogP contribution is -2.50. The van der Waals surface area contributed by atoms with E-state index < -0.39 is 6.09 Å². The Morgan fingerprint density at radius 3 is 2.86 bits per heavy atom. The molecule has 0 atom stereocenters. The summed E-state index contributed by atoms with van der Waals surface area (Å²) < 4.78 is 1.63. The van der Waals surface area contributed by atoms with Crippen molar-refractivity contribution in [3.63, 3.8) is 0 Å². The Balaban J connectivity index is 1.99. The number of carbonyl (C=O) groups is 2. The van der Waals surface area contributed by atoms with Gasteiger partial charge in [0, 0.05) is 19.3 Å². The molecule has 2 heterocycles. The van der Waals surface area contributed by atoms with Crippen molar-refractivity contribution in [2.75, 3.05) is 13.1 Å². The summed E-state index contributed by atoms with van der Waals surface area (Å²) in [5.41, 5.74) is 0.513. The fourth-order valence-corrected chi connectivity index (χ4v) is 1.39. The van der Waals surface area contributed by atoms with Gasteiger partial charge in [-0.2, -0.15) is 5.10 Å². The van der Waals surface area contributed by atoms with Crippen LogP contribution in [-0.2, 0) is 0 Å². The number of aromatic nitrogens is 2. The molecule has 2 rings (SSSR count). The number of hydrogen-bond acceptors (Lipinski definition) is 3. The number of nitrogens with zero attached hydrogens (tertiary/aromatic N) is 3. The van der Waals surface area contributed by atoms with Crippen LogP contribution in [0.15, 0.2) is 12.4 Å². The molecule has 0 unspecified atom stereocenters. The molecule has 1 saturated heterocycles. The molecule has 1 fully saturated rings. The number of amides is 1. The van der Waals surface area contributed by atoms with E-state index in [0.717, 1.165) is 6.29 Å². The highest BCUT2D eigenvalue weighted by Gasteiger charge is 2.32. The Hall–Kier alpha value is -1.85. The third-order valence-electron chi connectivity index (χ3n) is 2.26. The van der Waals surface area contributed by atoms with Crippen LogP contribution in [0, 0.1) is 0 Å². The number of hydrogen-bond donors (Lipinski definition) is 1. The molecule has 1 amide bonds. The first-order valence-corrected chi connectivity index (χ1v) is 4.18. The minimum Gasteiger partial charge on any atom is -0.465 e. The van der Waals surface area contributed by atoms with Gasteiger partial charge in [-0.1, -0.05) is 0 Å². The van der Waals surface area contributed by atoms with Gasteiger partial charge in [-0.3, -0.25) is 9.48 Å². The van der Waals surface area contributed by atoms with Crippen molar-refractivity contribution in [3.05, 3.63) is 18.0 Å². The molecule has 1 aliphatic heterocycles. The average Bonchev–Trinajstić information content (AvgIpc) is 2.49. The van der Waals surface area contributed by atoms with E-state index in [1.165, 1.54) is 11.1 Å². The maximum atomic E-state index is 10.5. The van der Waals surface area contributed by atoms with Crippen LogP contribution >= 0.6 is 0 Å². The Bertz CT molecular complexity index is 368. The van der Waals surface area contributed by atoms with E-state index in [0.29, 0.717) is 18.7 Å². The quantitative estimate of drug-likeness (QED) is 0.685. The summed E-state index contributed by atoms with van der Waals surface area (Å²) in [6.45, 7) is 0.880. The van der Waals surface area contributed by atoms with Gasteiger partial charge < -0.3 is 10.0 Å². The van der Waals surface area contributed by atoms with Gasteiger partial charge in [-0.15, -0.1) is 0 Å². The van der Waals surface area contributed by atoms with Crippen molar-refractivity contribution in [2.24, 2.45) is 0 Å². The van der Waals surface area contributed by atoms with Gasteiger partial charge in [0.1, 0.15) is 0 Å². The highest BCUT2D eigenvalue weighted by atomic mass is 16.4. The lowest BCUT2D eigenvalue weighted by atomic mass is 10.1. The maximum Gasteiger partial charge on any atom is 0.407 e. The van der Waals surface area contributed by atoms with Crippen LogP contribution in [0.2, 0.25) is 0 Å². The minimum atomic E-state index is -0.913. The molecule has 0 aliphatic carbocycles. The normalized spacial score (nSPS) is 16.4. The van der Waals surface area contributed by atoms with Crippen LogP contribution in [0.5, 0.6) is 0 Å². The number of likely N-dealkylation sites (tertiary alicyclic amines) is 1. The van der Waals surface area contributed by atoms with Gasteiger partial charge >= 0.3 is 6.09 Å². The Morgan fingerprint density at radius 1 is 1.64 bits per heavy atom. The van der Waals surface area contributed by atoms with Gasteiger partial charge in [0.05, 0.1) is 17.8 Å². The van der Waals surface area contributed by atoms with Gasteiger partial charge in [0.2, 0.25) is 0 Å². The molecule has 0 radical (unpaired) electrons. The zero-order valence-electron chi connectivity index (χ0n) is 7.33. The van der Waals surface area contributed by atoms with Crippen LogP contribution in [0.3, 0.4) is 0 Å². The number of aldehydes is 1. The third kappa shape index (κ3) is 1.34. The van der Waals surface area contributed by atoms with Gasteiger partial charge in [-0.05, 0) is 0 Å². The SMILES string of the molecule is O=Cc1cnn(C2CN(C(=O)O)C2)c1. The van der Waals surface area contributed by atoms with Crippen LogP contribution < -0.4 is 0 Å². The van der Waals surface area contributed by atoms with Gasteiger partial charge in [0.15, 0.2) is 6.29 Å². The highest BCUT2D eigenvalue weighted by molar-refractivity contribution is 5.73.